The quantitative estimate of drug-likeness (QED) is 0.589. The molecule has 1 unspecified atom stereocenters. The molecule has 1 N–H and O–H groups in total. The summed E-state index contributed by atoms with van der Waals surface area (Å²) in [6.07, 6.45) is 5.28. The van der Waals surface area contributed by atoms with Gasteiger partial charge < -0.3 is 10.2 Å². The number of fused-ring (bicyclic) bond motifs is 1. The summed E-state index contributed by atoms with van der Waals surface area (Å²) in [7, 11) is 1.85. The molecular formula is C18H21N5S. The molecule has 3 heterocycles. The van der Waals surface area contributed by atoms with Crippen molar-refractivity contribution in [3.05, 3.63) is 59.4 Å². The maximum Gasteiger partial charge on any atom is 0.193 e. The maximum atomic E-state index is 4.61. The number of aliphatic imine (C=N–C) groups is 1. The number of imidazole rings is 1. The van der Waals surface area contributed by atoms with E-state index >= 15 is 0 Å². The first-order chi connectivity index (χ1) is 11.8. The molecule has 0 radical (unpaired) electrons. The van der Waals surface area contributed by atoms with Crippen LogP contribution in [0, 0.1) is 0 Å². The van der Waals surface area contributed by atoms with Crippen LogP contribution in [0.15, 0.2) is 53.1 Å². The second kappa shape index (κ2) is 6.65. The molecule has 0 aliphatic carbocycles. The number of guanidine groups is 1. The predicted molar refractivity (Wildman–Crippen MR) is 98.6 cm³/mol. The third-order valence-corrected chi connectivity index (χ3v) is 5.31. The smallest absolute Gasteiger partial charge is 0.193 e. The Balaban J connectivity index is 1.38. The van der Waals surface area contributed by atoms with Gasteiger partial charge in [-0.1, -0.05) is 30.3 Å². The second-order valence-corrected chi connectivity index (χ2v) is 6.94. The minimum Gasteiger partial charge on any atom is -0.351 e. The van der Waals surface area contributed by atoms with E-state index in [-0.39, 0.29) is 0 Å². The third-order valence-electron chi connectivity index (χ3n) is 4.54. The molecule has 124 valence electrons. The van der Waals surface area contributed by atoms with Gasteiger partial charge in [0.1, 0.15) is 0 Å². The Hall–Kier alpha value is -2.34. The topological polar surface area (TPSA) is 44.9 Å². The zero-order valence-electron chi connectivity index (χ0n) is 13.7. The van der Waals surface area contributed by atoms with E-state index in [1.54, 1.807) is 11.3 Å². The van der Waals surface area contributed by atoms with Crippen molar-refractivity contribution in [2.24, 2.45) is 4.99 Å². The van der Waals surface area contributed by atoms with E-state index in [9.17, 15) is 0 Å². The number of benzene rings is 1. The molecule has 24 heavy (non-hydrogen) atoms. The van der Waals surface area contributed by atoms with E-state index in [1.165, 1.54) is 12.0 Å². The van der Waals surface area contributed by atoms with Crippen LogP contribution in [-0.2, 0) is 6.54 Å². The van der Waals surface area contributed by atoms with Crippen molar-refractivity contribution in [3.63, 3.8) is 0 Å². The van der Waals surface area contributed by atoms with Gasteiger partial charge in [0.2, 0.25) is 0 Å². The molecule has 0 amide bonds. The number of rotatable bonds is 3. The first-order valence-corrected chi connectivity index (χ1v) is 9.13. The molecule has 0 spiro atoms. The summed E-state index contributed by atoms with van der Waals surface area (Å²) in [6, 6.07) is 10.8. The van der Waals surface area contributed by atoms with Crippen molar-refractivity contribution >= 4 is 22.3 Å². The highest BCUT2D eigenvalue weighted by Gasteiger charge is 2.25. The summed E-state index contributed by atoms with van der Waals surface area (Å²) in [5.74, 6) is 1.55. The molecule has 0 saturated carbocycles. The summed E-state index contributed by atoms with van der Waals surface area (Å²) in [6.45, 7) is 2.76. The monoisotopic (exact) mass is 339 g/mol. The summed E-state index contributed by atoms with van der Waals surface area (Å²) >= 11 is 1.65. The Kier molecular flexibility index (Phi) is 4.21. The molecule has 5 nitrogen and oxygen atoms in total. The Morgan fingerprint density at radius 1 is 1.38 bits per heavy atom. The summed E-state index contributed by atoms with van der Waals surface area (Å²) in [5, 5.41) is 5.50. The second-order valence-electron chi connectivity index (χ2n) is 6.07. The van der Waals surface area contributed by atoms with Crippen LogP contribution in [0.2, 0.25) is 0 Å². The highest BCUT2D eigenvalue weighted by atomic mass is 32.1. The van der Waals surface area contributed by atoms with Crippen LogP contribution in [0.5, 0.6) is 0 Å². The fourth-order valence-electron chi connectivity index (χ4n) is 3.31. The van der Waals surface area contributed by atoms with Gasteiger partial charge >= 0.3 is 0 Å². The van der Waals surface area contributed by atoms with Gasteiger partial charge in [0.05, 0.1) is 12.2 Å². The van der Waals surface area contributed by atoms with Crippen LogP contribution in [0.25, 0.3) is 4.96 Å². The SMILES string of the molecule is CN=C(NCc1cn2ccsc2n1)N1CCC(c2ccccc2)C1. The molecule has 1 fully saturated rings. The minimum absolute atomic E-state index is 0.586. The van der Waals surface area contributed by atoms with Gasteiger partial charge in [0, 0.05) is 43.8 Å². The lowest BCUT2D eigenvalue weighted by molar-refractivity contribution is 0.485. The molecule has 3 aromatic rings. The van der Waals surface area contributed by atoms with E-state index < -0.39 is 0 Å². The highest BCUT2D eigenvalue weighted by Crippen LogP contribution is 2.26. The standard InChI is InChI=1S/C18H21N5S/c1-19-17(20-11-16-13-23-9-10-24-18(23)21-16)22-8-7-15(12-22)14-5-3-2-4-6-14/h2-6,9-10,13,15H,7-8,11-12H2,1H3,(H,19,20). The third kappa shape index (κ3) is 3.01. The van der Waals surface area contributed by atoms with Crippen LogP contribution >= 0.6 is 11.3 Å². The average molecular weight is 339 g/mol. The molecule has 4 rings (SSSR count). The Morgan fingerprint density at radius 3 is 3.04 bits per heavy atom. The molecule has 1 aliphatic heterocycles. The number of likely N-dealkylation sites (tertiary alicyclic amines) is 1. The van der Waals surface area contributed by atoms with E-state index in [1.807, 2.05) is 18.6 Å². The Morgan fingerprint density at radius 2 is 2.25 bits per heavy atom. The van der Waals surface area contributed by atoms with Crippen molar-refractivity contribution in [2.75, 3.05) is 20.1 Å². The average Bonchev–Trinajstić information content (AvgIpc) is 3.32. The van der Waals surface area contributed by atoms with Crippen molar-refractivity contribution in [1.29, 1.82) is 0 Å². The van der Waals surface area contributed by atoms with Crippen molar-refractivity contribution < 1.29 is 0 Å². The van der Waals surface area contributed by atoms with E-state index in [2.05, 4.69) is 61.1 Å². The molecular weight excluding hydrogens is 318 g/mol. The van der Waals surface area contributed by atoms with Crippen LogP contribution in [0.3, 0.4) is 0 Å². The molecule has 1 aliphatic rings. The van der Waals surface area contributed by atoms with E-state index in [4.69, 9.17) is 0 Å². The normalized spacial score (nSPS) is 18.5. The molecule has 1 saturated heterocycles. The van der Waals surface area contributed by atoms with Gasteiger partial charge in [0.25, 0.3) is 0 Å². The van der Waals surface area contributed by atoms with Crippen LogP contribution < -0.4 is 5.32 Å². The number of aromatic nitrogens is 2. The number of hydrogen-bond donors (Lipinski definition) is 1. The van der Waals surface area contributed by atoms with Crippen molar-refractivity contribution in [1.82, 2.24) is 19.6 Å². The van der Waals surface area contributed by atoms with Gasteiger partial charge in [-0.15, -0.1) is 11.3 Å². The Bertz CT molecular complexity index is 807. The summed E-state index contributed by atoms with van der Waals surface area (Å²) in [5.41, 5.74) is 2.46. The lowest BCUT2D eigenvalue weighted by atomic mass is 9.99. The number of hydrogen-bond acceptors (Lipinski definition) is 3. The number of nitrogens with zero attached hydrogens (tertiary/aromatic N) is 4. The molecule has 1 aromatic carbocycles. The molecule has 2 aromatic heterocycles. The lowest BCUT2D eigenvalue weighted by Gasteiger charge is -2.21. The lowest BCUT2D eigenvalue weighted by Crippen LogP contribution is -2.39. The molecule has 1 atom stereocenters. The van der Waals surface area contributed by atoms with Gasteiger partial charge in [-0.3, -0.25) is 9.39 Å². The van der Waals surface area contributed by atoms with Gasteiger partial charge in [-0.2, -0.15) is 0 Å². The Labute approximate surface area is 145 Å². The van der Waals surface area contributed by atoms with Gasteiger partial charge in [-0.25, -0.2) is 4.98 Å². The number of thiazole rings is 1. The summed E-state index contributed by atoms with van der Waals surface area (Å²) in [4.78, 5) is 12.4. The largest absolute Gasteiger partial charge is 0.351 e. The maximum absolute atomic E-state index is 4.61. The van der Waals surface area contributed by atoms with E-state index in [0.717, 1.165) is 29.7 Å². The fraction of sp³-hybridized carbons (Fsp3) is 0.333. The van der Waals surface area contributed by atoms with Gasteiger partial charge in [-0.05, 0) is 12.0 Å². The van der Waals surface area contributed by atoms with Crippen molar-refractivity contribution in [3.8, 4) is 0 Å². The highest BCUT2D eigenvalue weighted by molar-refractivity contribution is 7.15. The number of nitrogens with one attached hydrogen (secondary N) is 1. The van der Waals surface area contributed by atoms with Crippen LogP contribution in [-0.4, -0.2) is 40.4 Å². The zero-order valence-corrected chi connectivity index (χ0v) is 14.5. The molecule has 0 bridgehead atoms. The zero-order chi connectivity index (χ0) is 16.4. The van der Waals surface area contributed by atoms with Gasteiger partial charge in [0.15, 0.2) is 10.9 Å². The minimum atomic E-state index is 0.586. The summed E-state index contributed by atoms with van der Waals surface area (Å²) < 4.78 is 2.06. The fourth-order valence-corrected chi connectivity index (χ4v) is 4.03. The first-order valence-electron chi connectivity index (χ1n) is 8.25. The van der Waals surface area contributed by atoms with Crippen LogP contribution in [0.1, 0.15) is 23.6 Å². The van der Waals surface area contributed by atoms with E-state index in [0.29, 0.717) is 12.5 Å². The predicted octanol–water partition coefficient (Wildman–Crippen LogP) is 2.96. The first kappa shape index (κ1) is 15.2. The van der Waals surface area contributed by atoms with Crippen molar-refractivity contribution in [2.45, 2.75) is 18.9 Å². The molecule has 6 heteroatoms. The van der Waals surface area contributed by atoms with Crippen LogP contribution in [0.4, 0.5) is 0 Å².